The molecule has 1 aromatic carbocycles. The Kier molecular flexibility index (Phi) is 3.72. The first kappa shape index (κ1) is 13.5. The highest BCUT2D eigenvalue weighted by Crippen LogP contribution is 2.37. The van der Waals surface area contributed by atoms with Crippen LogP contribution in [0.25, 0.3) is 0 Å². The van der Waals surface area contributed by atoms with E-state index in [2.05, 4.69) is 4.90 Å². The maximum atomic E-state index is 10.6. The molecular weight excluding hydrogens is 254 g/mol. The Morgan fingerprint density at radius 1 is 1.25 bits per heavy atom. The maximum absolute atomic E-state index is 10.6. The number of hydrogen-bond donors (Lipinski definition) is 1. The minimum Gasteiger partial charge on any atom is -0.327 e. The van der Waals surface area contributed by atoms with E-state index < -0.39 is 0 Å². The van der Waals surface area contributed by atoms with Crippen molar-refractivity contribution in [1.82, 2.24) is 4.90 Å². The molecule has 3 unspecified atom stereocenters. The zero-order chi connectivity index (χ0) is 14.1. The summed E-state index contributed by atoms with van der Waals surface area (Å²) in [6.45, 7) is 3.32. The molecule has 3 rings (SSSR count). The smallest absolute Gasteiger partial charge is 0.269 e. The molecule has 5 nitrogen and oxygen atoms in total. The summed E-state index contributed by atoms with van der Waals surface area (Å²) < 4.78 is 0. The number of nitro benzene ring substituents is 1. The Labute approximate surface area is 118 Å². The quantitative estimate of drug-likeness (QED) is 0.672. The van der Waals surface area contributed by atoms with Gasteiger partial charge in [-0.3, -0.25) is 10.1 Å². The highest BCUT2D eigenvalue weighted by Gasteiger charge is 2.40. The summed E-state index contributed by atoms with van der Waals surface area (Å²) in [5.41, 5.74) is 7.47. The topological polar surface area (TPSA) is 72.4 Å². The number of nitro groups is 1. The summed E-state index contributed by atoms with van der Waals surface area (Å²) in [5.74, 6) is 1.48. The molecule has 0 amide bonds. The van der Waals surface area contributed by atoms with Crippen molar-refractivity contribution in [1.29, 1.82) is 0 Å². The van der Waals surface area contributed by atoms with Crippen molar-refractivity contribution in [2.75, 3.05) is 19.6 Å². The van der Waals surface area contributed by atoms with E-state index in [1.54, 1.807) is 12.1 Å². The van der Waals surface area contributed by atoms with E-state index in [0.717, 1.165) is 31.0 Å². The molecule has 20 heavy (non-hydrogen) atoms. The normalized spacial score (nSPS) is 29.6. The van der Waals surface area contributed by atoms with Gasteiger partial charge in [0, 0.05) is 37.8 Å². The zero-order valence-electron chi connectivity index (χ0n) is 11.6. The Hall–Kier alpha value is -1.46. The summed E-state index contributed by atoms with van der Waals surface area (Å²) in [7, 11) is 0. The van der Waals surface area contributed by atoms with Crippen LogP contribution in [0.1, 0.15) is 18.4 Å². The van der Waals surface area contributed by atoms with Gasteiger partial charge in [0.05, 0.1) is 4.92 Å². The number of non-ortho nitro benzene ring substituents is 1. The molecule has 3 atom stereocenters. The fraction of sp³-hybridized carbons (Fsp3) is 0.600. The molecule has 2 aliphatic rings. The third-order valence-corrected chi connectivity index (χ3v) is 4.85. The van der Waals surface area contributed by atoms with Gasteiger partial charge in [-0.25, -0.2) is 0 Å². The molecular formula is C15H21N3O2. The highest BCUT2D eigenvalue weighted by molar-refractivity contribution is 5.32. The lowest BCUT2D eigenvalue weighted by atomic mass is 9.98. The lowest BCUT2D eigenvalue weighted by Crippen LogP contribution is -2.31. The Balaban J connectivity index is 1.52. The van der Waals surface area contributed by atoms with Crippen LogP contribution in [-0.2, 0) is 6.42 Å². The molecule has 5 heteroatoms. The molecule has 108 valence electrons. The molecule has 1 saturated carbocycles. The second-order valence-corrected chi connectivity index (χ2v) is 6.10. The van der Waals surface area contributed by atoms with Gasteiger partial charge >= 0.3 is 0 Å². The molecule has 0 radical (unpaired) electrons. The van der Waals surface area contributed by atoms with Crippen LogP contribution in [0, 0.1) is 22.0 Å². The fourth-order valence-corrected chi connectivity index (χ4v) is 3.65. The van der Waals surface area contributed by atoms with E-state index in [9.17, 15) is 10.1 Å². The number of hydrogen-bond acceptors (Lipinski definition) is 4. The second-order valence-electron chi connectivity index (χ2n) is 6.10. The van der Waals surface area contributed by atoms with Crippen molar-refractivity contribution >= 4 is 5.69 Å². The standard InChI is InChI=1S/C15H21N3O2/c16-15-6-3-12-9-17(10-14(12)15)8-7-11-1-4-13(5-2-11)18(19)20/h1-2,4-5,12,14-15H,3,6-10,16H2. The zero-order valence-corrected chi connectivity index (χ0v) is 11.6. The number of benzene rings is 1. The first-order valence-corrected chi connectivity index (χ1v) is 7.35. The minimum atomic E-state index is -0.354. The minimum absolute atomic E-state index is 0.162. The number of rotatable bonds is 4. The van der Waals surface area contributed by atoms with Gasteiger partial charge in [0.15, 0.2) is 0 Å². The van der Waals surface area contributed by atoms with Crippen LogP contribution in [0.15, 0.2) is 24.3 Å². The van der Waals surface area contributed by atoms with Gasteiger partial charge in [-0.15, -0.1) is 0 Å². The summed E-state index contributed by atoms with van der Waals surface area (Å²) in [4.78, 5) is 12.7. The second kappa shape index (κ2) is 5.50. The molecule has 0 bridgehead atoms. The van der Waals surface area contributed by atoms with E-state index >= 15 is 0 Å². The number of fused-ring (bicyclic) bond motifs is 1. The van der Waals surface area contributed by atoms with Crippen molar-refractivity contribution < 1.29 is 4.92 Å². The first-order valence-electron chi connectivity index (χ1n) is 7.35. The predicted molar refractivity (Wildman–Crippen MR) is 77.4 cm³/mol. The van der Waals surface area contributed by atoms with Gasteiger partial charge in [0.2, 0.25) is 0 Å². The SMILES string of the molecule is NC1CCC2CN(CCc3ccc([N+](=O)[O-])cc3)CC12. The lowest BCUT2D eigenvalue weighted by molar-refractivity contribution is -0.384. The molecule has 0 aromatic heterocycles. The van der Waals surface area contributed by atoms with Crippen molar-refractivity contribution in [3.8, 4) is 0 Å². The Bertz CT molecular complexity index is 488. The average molecular weight is 275 g/mol. The van der Waals surface area contributed by atoms with E-state index in [1.165, 1.54) is 19.4 Å². The van der Waals surface area contributed by atoms with Crippen LogP contribution in [0.2, 0.25) is 0 Å². The fourth-order valence-electron chi connectivity index (χ4n) is 3.65. The van der Waals surface area contributed by atoms with Crippen molar-refractivity contribution in [3.05, 3.63) is 39.9 Å². The number of likely N-dealkylation sites (tertiary alicyclic amines) is 1. The van der Waals surface area contributed by atoms with E-state index in [1.807, 2.05) is 12.1 Å². The van der Waals surface area contributed by atoms with Crippen LogP contribution in [0.5, 0.6) is 0 Å². The van der Waals surface area contributed by atoms with Crippen molar-refractivity contribution in [3.63, 3.8) is 0 Å². The molecule has 1 aromatic rings. The van der Waals surface area contributed by atoms with Crippen LogP contribution >= 0.6 is 0 Å². The monoisotopic (exact) mass is 275 g/mol. The van der Waals surface area contributed by atoms with Gasteiger partial charge in [-0.1, -0.05) is 12.1 Å². The third kappa shape index (κ3) is 2.69. The van der Waals surface area contributed by atoms with Gasteiger partial charge in [0.1, 0.15) is 0 Å². The van der Waals surface area contributed by atoms with Crippen LogP contribution in [0.3, 0.4) is 0 Å². The van der Waals surface area contributed by atoms with Gasteiger partial charge in [0.25, 0.3) is 5.69 Å². The molecule has 1 saturated heterocycles. The lowest BCUT2D eigenvalue weighted by Gasteiger charge is -2.18. The largest absolute Gasteiger partial charge is 0.327 e. The third-order valence-electron chi connectivity index (χ3n) is 4.85. The van der Waals surface area contributed by atoms with Crippen molar-refractivity contribution in [2.24, 2.45) is 17.6 Å². The van der Waals surface area contributed by atoms with E-state index in [0.29, 0.717) is 12.0 Å². The molecule has 1 aliphatic carbocycles. The summed E-state index contributed by atoms with van der Waals surface area (Å²) >= 11 is 0. The van der Waals surface area contributed by atoms with E-state index in [4.69, 9.17) is 5.73 Å². The first-order chi connectivity index (χ1) is 9.63. The van der Waals surface area contributed by atoms with Gasteiger partial charge < -0.3 is 10.6 Å². The predicted octanol–water partition coefficient (Wildman–Crippen LogP) is 1.81. The maximum Gasteiger partial charge on any atom is 0.269 e. The summed E-state index contributed by atoms with van der Waals surface area (Å²) in [6, 6.07) is 7.29. The van der Waals surface area contributed by atoms with Gasteiger partial charge in [-0.05, 0) is 36.7 Å². The van der Waals surface area contributed by atoms with Crippen LogP contribution in [0.4, 0.5) is 5.69 Å². The molecule has 2 N–H and O–H groups in total. The summed E-state index contributed by atoms with van der Waals surface area (Å²) in [5, 5.41) is 10.6. The van der Waals surface area contributed by atoms with E-state index in [-0.39, 0.29) is 10.6 Å². The Morgan fingerprint density at radius 2 is 2.00 bits per heavy atom. The molecule has 0 spiro atoms. The average Bonchev–Trinajstić information content (AvgIpc) is 2.99. The van der Waals surface area contributed by atoms with Gasteiger partial charge in [-0.2, -0.15) is 0 Å². The highest BCUT2D eigenvalue weighted by atomic mass is 16.6. The number of nitrogens with two attached hydrogens (primary N) is 1. The Morgan fingerprint density at radius 3 is 2.65 bits per heavy atom. The van der Waals surface area contributed by atoms with Crippen molar-refractivity contribution in [2.45, 2.75) is 25.3 Å². The van der Waals surface area contributed by atoms with Crippen LogP contribution < -0.4 is 5.73 Å². The number of nitrogens with zero attached hydrogens (tertiary/aromatic N) is 2. The summed E-state index contributed by atoms with van der Waals surface area (Å²) in [6.07, 6.45) is 3.41. The molecule has 2 fully saturated rings. The molecule has 1 aliphatic heterocycles. The molecule has 1 heterocycles. The van der Waals surface area contributed by atoms with Crippen LogP contribution in [-0.4, -0.2) is 35.5 Å².